The monoisotopic (exact) mass is 306 g/mol. The lowest BCUT2D eigenvalue weighted by Gasteiger charge is -2.28. The van der Waals surface area contributed by atoms with Crippen molar-refractivity contribution < 1.29 is 9.53 Å². The van der Waals surface area contributed by atoms with Crippen LogP contribution in [0.25, 0.3) is 0 Å². The normalized spacial score (nSPS) is 21.3. The zero-order valence-corrected chi connectivity index (χ0v) is 14.8. The van der Waals surface area contributed by atoms with Crippen molar-refractivity contribution in [3.63, 3.8) is 0 Å². The van der Waals surface area contributed by atoms with E-state index in [2.05, 4.69) is 33.4 Å². The van der Waals surface area contributed by atoms with Gasteiger partial charge in [0.25, 0.3) is 0 Å². The summed E-state index contributed by atoms with van der Waals surface area (Å²) < 4.78 is 5.68. The lowest BCUT2D eigenvalue weighted by atomic mass is 9.84. The second-order valence-electron chi connectivity index (χ2n) is 6.81. The van der Waals surface area contributed by atoms with Crippen molar-refractivity contribution in [3.8, 4) is 0 Å². The van der Waals surface area contributed by atoms with Gasteiger partial charge < -0.3 is 4.74 Å². The molecule has 1 rings (SSSR count). The second-order valence-corrected chi connectivity index (χ2v) is 6.81. The fraction of sp³-hybridized carbons (Fsp3) is 0.750. The molecule has 0 aliphatic heterocycles. The molecule has 2 atom stereocenters. The number of esters is 1. The van der Waals surface area contributed by atoms with Crippen molar-refractivity contribution in [2.75, 3.05) is 0 Å². The van der Waals surface area contributed by atoms with Gasteiger partial charge in [-0.25, -0.2) is 0 Å². The summed E-state index contributed by atoms with van der Waals surface area (Å²) in [5, 5.41) is 0. The fourth-order valence-electron chi connectivity index (χ4n) is 2.99. The van der Waals surface area contributed by atoms with E-state index >= 15 is 0 Å². The number of ether oxygens (including phenoxy) is 1. The summed E-state index contributed by atoms with van der Waals surface area (Å²) >= 11 is 0. The molecule has 1 aliphatic carbocycles. The summed E-state index contributed by atoms with van der Waals surface area (Å²) in [6.45, 7) is 10.4. The van der Waals surface area contributed by atoms with Crippen LogP contribution in [-0.2, 0) is 9.53 Å². The number of allylic oxidation sites excluding steroid dienone is 2. The first-order valence-electron chi connectivity index (χ1n) is 9.06. The Hall–Kier alpha value is -1.05. The van der Waals surface area contributed by atoms with Crippen LogP contribution in [0.5, 0.6) is 0 Å². The van der Waals surface area contributed by atoms with Gasteiger partial charge in [-0.05, 0) is 44.6 Å². The Kier molecular flexibility index (Phi) is 9.19. The Morgan fingerprint density at radius 1 is 1.23 bits per heavy atom. The zero-order valence-electron chi connectivity index (χ0n) is 14.8. The zero-order chi connectivity index (χ0) is 16.4. The predicted octanol–water partition coefficient (Wildman–Crippen LogP) is 5.97. The highest BCUT2D eigenvalue weighted by Gasteiger charge is 2.25. The Labute approximate surface area is 137 Å². The highest BCUT2D eigenvalue weighted by atomic mass is 16.5. The van der Waals surface area contributed by atoms with Gasteiger partial charge in [0.1, 0.15) is 6.10 Å². The van der Waals surface area contributed by atoms with Gasteiger partial charge in [-0.2, -0.15) is 0 Å². The van der Waals surface area contributed by atoms with Crippen LogP contribution in [0, 0.1) is 5.92 Å². The molecule has 2 nitrogen and oxygen atoms in total. The largest absolute Gasteiger partial charge is 0.458 e. The van der Waals surface area contributed by atoms with Crippen LogP contribution in [0.2, 0.25) is 0 Å². The maximum atomic E-state index is 12.0. The molecule has 2 unspecified atom stereocenters. The van der Waals surface area contributed by atoms with E-state index < -0.39 is 0 Å². The van der Waals surface area contributed by atoms with Crippen LogP contribution >= 0.6 is 0 Å². The number of carbonyl (C=O) groups is 1. The summed E-state index contributed by atoms with van der Waals surface area (Å²) in [6, 6.07) is 0. The Morgan fingerprint density at radius 3 is 2.50 bits per heavy atom. The molecule has 22 heavy (non-hydrogen) atoms. The van der Waals surface area contributed by atoms with Crippen LogP contribution in [0.3, 0.4) is 0 Å². The molecule has 1 aliphatic rings. The smallest absolute Gasteiger partial charge is 0.306 e. The van der Waals surface area contributed by atoms with E-state index in [4.69, 9.17) is 4.74 Å². The molecule has 0 aromatic carbocycles. The molecular formula is C20H34O2. The van der Waals surface area contributed by atoms with E-state index in [9.17, 15) is 4.79 Å². The fourth-order valence-corrected chi connectivity index (χ4v) is 2.99. The van der Waals surface area contributed by atoms with Gasteiger partial charge in [0.2, 0.25) is 0 Å². The molecule has 0 aromatic heterocycles. The summed E-state index contributed by atoms with van der Waals surface area (Å²) in [4.78, 5) is 12.0. The molecule has 0 heterocycles. The lowest BCUT2D eigenvalue weighted by Crippen LogP contribution is -2.26. The minimum absolute atomic E-state index is 0.0336. The first-order chi connectivity index (χ1) is 10.5. The maximum absolute atomic E-state index is 12.0. The topological polar surface area (TPSA) is 26.3 Å². The van der Waals surface area contributed by atoms with Crippen LogP contribution in [-0.4, -0.2) is 12.1 Å². The van der Waals surface area contributed by atoms with Crippen LogP contribution in [0.1, 0.15) is 85.0 Å². The standard InChI is InChI=1S/C20H34O2/c1-5-6-7-8-9-10-11-12-20(21)22-19-15-18(16(2)3)14-13-17(19)4/h13,18-19H,2,5-12,14-15H2,1,3-4H3. The Morgan fingerprint density at radius 2 is 1.86 bits per heavy atom. The lowest BCUT2D eigenvalue weighted by molar-refractivity contribution is -0.148. The van der Waals surface area contributed by atoms with Crippen molar-refractivity contribution in [3.05, 3.63) is 23.8 Å². The molecule has 0 saturated heterocycles. The first kappa shape index (κ1) is 19.0. The van der Waals surface area contributed by atoms with Gasteiger partial charge in [-0.1, -0.05) is 63.7 Å². The summed E-state index contributed by atoms with van der Waals surface area (Å²) in [7, 11) is 0. The molecule has 126 valence electrons. The predicted molar refractivity (Wildman–Crippen MR) is 93.8 cm³/mol. The molecule has 0 aromatic rings. The van der Waals surface area contributed by atoms with Gasteiger partial charge in [0, 0.05) is 6.42 Å². The van der Waals surface area contributed by atoms with Gasteiger partial charge in [-0.3, -0.25) is 4.79 Å². The highest BCUT2D eigenvalue weighted by molar-refractivity contribution is 5.69. The third-order valence-corrected chi connectivity index (χ3v) is 4.69. The quantitative estimate of drug-likeness (QED) is 0.282. The number of carbonyl (C=O) groups excluding carboxylic acids is 1. The molecule has 0 amide bonds. The average Bonchev–Trinajstić information content (AvgIpc) is 2.48. The van der Waals surface area contributed by atoms with Gasteiger partial charge in [0.05, 0.1) is 0 Å². The van der Waals surface area contributed by atoms with Crippen LogP contribution in [0.15, 0.2) is 23.8 Å². The van der Waals surface area contributed by atoms with Crippen molar-refractivity contribution in [2.45, 2.75) is 91.1 Å². The number of hydrogen-bond donors (Lipinski definition) is 0. The average molecular weight is 306 g/mol. The highest BCUT2D eigenvalue weighted by Crippen LogP contribution is 2.30. The van der Waals surface area contributed by atoms with Crippen molar-refractivity contribution in [1.29, 1.82) is 0 Å². The molecule has 0 bridgehead atoms. The van der Waals surface area contributed by atoms with E-state index in [-0.39, 0.29) is 12.1 Å². The van der Waals surface area contributed by atoms with E-state index in [1.54, 1.807) is 0 Å². The molecule has 0 fully saturated rings. The molecule has 0 radical (unpaired) electrons. The Bertz CT molecular complexity index is 381. The van der Waals surface area contributed by atoms with Gasteiger partial charge >= 0.3 is 5.97 Å². The minimum atomic E-state index is -0.0347. The van der Waals surface area contributed by atoms with Gasteiger partial charge in [0.15, 0.2) is 0 Å². The van der Waals surface area contributed by atoms with E-state index in [0.29, 0.717) is 12.3 Å². The van der Waals surface area contributed by atoms with E-state index in [1.807, 2.05) is 0 Å². The molecule has 0 N–H and O–H groups in total. The molecule has 0 saturated carbocycles. The third-order valence-electron chi connectivity index (χ3n) is 4.69. The second kappa shape index (κ2) is 10.6. The van der Waals surface area contributed by atoms with Crippen molar-refractivity contribution >= 4 is 5.97 Å². The maximum Gasteiger partial charge on any atom is 0.306 e. The molecule has 0 spiro atoms. The van der Waals surface area contributed by atoms with Gasteiger partial charge in [-0.15, -0.1) is 0 Å². The Balaban J connectivity index is 2.20. The number of unbranched alkanes of at least 4 members (excludes halogenated alkanes) is 6. The molecule has 2 heteroatoms. The summed E-state index contributed by atoms with van der Waals surface area (Å²) in [5.41, 5.74) is 2.39. The minimum Gasteiger partial charge on any atom is -0.458 e. The number of rotatable bonds is 10. The molecular weight excluding hydrogens is 272 g/mol. The summed E-state index contributed by atoms with van der Waals surface area (Å²) in [6.07, 6.45) is 13.3. The van der Waals surface area contributed by atoms with Crippen LogP contribution < -0.4 is 0 Å². The van der Waals surface area contributed by atoms with Crippen LogP contribution in [0.4, 0.5) is 0 Å². The van der Waals surface area contributed by atoms with E-state index in [0.717, 1.165) is 25.7 Å². The van der Waals surface area contributed by atoms with Crippen molar-refractivity contribution in [2.24, 2.45) is 5.92 Å². The van der Waals surface area contributed by atoms with E-state index in [1.165, 1.54) is 43.3 Å². The third kappa shape index (κ3) is 7.29. The summed E-state index contributed by atoms with van der Waals surface area (Å²) in [5.74, 6) is 0.425. The number of hydrogen-bond acceptors (Lipinski definition) is 2. The SMILES string of the molecule is C=C(C)C1CC=C(C)C(OC(=O)CCCCCCCCC)C1. The van der Waals surface area contributed by atoms with Crippen molar-refractivity contribution in [1.82, 2.24) is 0 Å². The first-order valence-corrected chi connectivity index (χ1v) is 9.06.